The molecule has 5 heteroatoms. The van der Waals surface area contributed by atoms with E-state index in [1.54, 1.807) is 10.6 Å². The maximum atomic E-state index is 4.89. The standard InChI is InChI=1S/C21H28P.C15H20P.2ClH.Ti/c1-3-11-19(12-4-1)22(20-13-5-2-6-14-20)21-15-17-9-7-8-10-18(17)16-21;1-11(2)16(12(3)4)15-9-13-7-5-6-8-14(13)10-15;;;/h7-10,15-16,19-20H,1-6,11-14H2;5-12H,1-4H3;2*1H;/q2*-1;;;+2/p-2. The van der Waals surface area contributed by atoms with E-state index in [-0.39, 0.29) is 15.8 Å². The smallest absolute Gasteiger partial charge is 0.0181 e. The number of benzene rings is 2. The molecule has 0 bridgehead atoms. The summed E-state index contributed by atoms with van der Waals surface area (Å²) >= 11 is -0.556. The molecule has 0 aromatic heterocycles. The molecule has 2 aliphatic carbocycles. The first-order valence-electron chi connectivity index (χ1n) is 15.8. The molecule has 0 unspecified atom stereocenters. The molecule has 0 N–H and O–H groups in total. The van der Waals surface area contributed by atoms with Crippen LogP contribution in [0.4, 0.5) is 0 Å². The molecule has 0 spiro atoms. The van der Waals surface area contributed by atoms with Crippen molar-refractivity contribution < 1.29 is 17.0 Å². The van der Waals surface area contributed by atoms with E-state index in [1.807, 2.05) is 0 Å². The number of hydrogen-bond acceptors (Lipinski definition) is 0. The molecule has 0 radical (unpaired) electrons. The molecular formula is C36H48Cl2P2Ti-2. The zero-order valence-corrected chi connectivity index (χ0v) is 30.3. The van der Waals surface area contributed by atoms with Crippen molar-refractivity contribution in [2.75, 3.05) is 0 Å². The van der Waals surface area contributed by atoms with Crippen LogP contribution in [0.5, 0.6) is 0 Å². The van der Waals surface area contributed by atoms with Crippen LogP contribution in [-0.4, -0.2) is 22.6 Å². The van der Waals surface area contributed by atoms with Crippen LogP contribution in [0.3, 0.4) is 0 Å². The van der Waals surface area contributed by atoms with E-state index < -0.39 is 17.0 Å². The summed E-state index contributed by atoms with van der Waals surface area (Å²) in [4.78, 5) is 0. The van der Waals surface area contributed by atoms with Crippen molar-refractivity contribution in [3.8, 4) is 0 Å². The molecule has 0 saturated heterocycles. The van der Waals surface area contributed by atoms with Crippen LogP contribution in [0, 0.1) is 0 Å². The van der Waals surface area contributed by atoms with E-state index in [1.165, 1.54) is 85.8 Å². The predicted octanol–water partition coefficient (Wildman–Crippen LogP) is 12.2. The SMILES string of the molecule is CC(C)P(c1cc2ccccc2[cH-]1)C(C)C.[Cl][Ti][Cl].c1ccc2[cH-]c(P(C3CCCCC3)C3CCCCC3)cc2c1. The van der Waals surface area contributed by atoms with Crippen molar-refractivity contribution in [1.29, 1.82) is 0 Å². The monoisotopic (exact) mass is 660 g/mol. The van der Waals surface area contributed by atoms with Crippen molar-refractivity contribution in [2.45, 2.75) is 115 Å². The molecule has 4 aromatic carbocycles. The van der Waals surface area contributed by atoms with Crippen molar-refractivity contribution in [2.24, 2.45) is 0 Å². The Morgan fingerprint density at radius 3 is 1.44 bits per heavy atom. The van der Waals surface area contributed by atoms with Crippen LogP contribution >= 0.6 is 34.5 Å². The van der Waals surface area contributed by atoms with Gasteiger partial charge in [-0.05, 0) is 48.3 Å². The molecule has 4 aromatic rings. The van der Waals surface area contributed by atoms with Crippen LogP contribution in [-0.2, 0) is 17.0 Å². The third-order valence-corrected chi connectivity index (χ3v) is 15.4. The average molecular weight is 662 g/mol. The Bertz CT molecular complexity index is 1210. The van der Waals surface area contributed by atoms with Gasteiger partial charge in [-0.3, -0.25) is 0 Å². The topological polar surface area (TPSA) is 0 Å². The molecule has 2 saturated carbocycles. The molecule has 2 fully saturated rings. The van der Waals surface area contributed by atoms with Crippen molar-refractivity contribution >= 4 is 66.6 Å². The second-order valence-electron chi connectivity index (χ2n) is 12.3. The van der Waals surface area contributed by atoms with Crippen LogP contribution in [0.25, 0.3) is 21.5 Å². The van der Waals surface area contributed by atoms with Gasteiger partial charge in [-0.2, -0.15) is 12.1 Å². The van der Waals surface area contributed by atoms with E-state index in [4.69, 9.17) is 18.6 Å². The Hall–Kier alpha value is -0.186. The molecule has 2 aliphatic rings. The first kappa shape index (κ1) is 33.7. The third-order valence-electron chi connectivity index (χ3n) is 8.85. The average Bonchev–Trinajstić information content (AvgIpc) is 3.59. The fraction of sp³-hybridized carbons (Fsp3) is 0.500. The molecule has 0 amide bonds. The maximum absolute atomic E-state index is 4.89. The largest absolute Gasteiger partial charge is 0.161 e. The van der Waals surface area contributed by atoms with Crippen LogP contribution < -0.4 is 10.6 Å². The molecule has 0 heterocycles. The quantitative estimate of drug-likeness (QED) is 0.110. The molecule has 0 atom stereocenters. The number of halogens is 2. The Balaban J connectivity index is 0.000000180. The van der Waals surface area contributed by atoms with Gasteiger partial charge in [-0.1, -0.05) is 94.2 Å². The molecule has 41 heavy (non-hydrogen) atoms. The van der Waals surface area contributed by atoms with Crippen molar-refractivity contribution in [3.63, 3.8) is 0 Å². The summed E-state index contributed by atoms with van der Waals surface area (Å²) in [5, 5.41) is 9.03. The fourth-order valence-electron chi connectivity index (χ4n) is 7.20. The van der Waals surface area contributed by atoms with E-state index in [0.29, 0.717) is 0 Å². The number of rotatable bonds is 6. The maximum Gasteiger partial charge on any atom is -0.0181 e. The normalized spacial score (nSPS) is 16.7. The fourth-order valence-corrected chi connectivity index (χ4v) is 14.0. The van der Waals surface area contributed by atoms with Crippen molar-refractivity contribution in [3.05, 3.63) is 72.8 Å². The zero-order chi connectivity index (χ0) is 29.2. The summed E-state index contributed by atoms with van der Waals surface area (Å²) in [5.41, 5.74) is 3.57. The van der Waals surface area contributed by atoms with Gasteiger partial charge in [0.25, 0.3) is 0 Å². The second kappa shape index (κ2) is 17.3. The molecule has 0 nitrogen and oxygen atoms in total. The first-order chi connectivity index (χ1) is 19.9. The van der Waals surface area contributed by atoms with Gasteiger partial charge in [0.2, 0.25) is 0 Å². The summed E-state index contributed by atoms with van der Waals surface area (Å²) in [6.45, 7) is 9.40. The minimum atomic E-state index is -0.556. The van der Waals surface area contributed by atoms with Crippen LogP contribution in [0.15, 0.2) is 72.8 Å². The van der Waals surface area contributed by atoms with Gasteiger partial charge >= 0.3 is 35.6 Å². The summed E-state index contributed by atoms with van der Waals surface area (Å²) in [6.07, 6.45) is 14.9. The van der Waals surface area contributed by atoms with Gasteiger partial charge in [-0.15, -0.1) is 80.7 Å². The Morgan fingerprint density at radius 2 is 1.02 bits per heavy atom. The molecule has 6 rings (SSSR count). The Kier molecular flexibility index (Phi) is 14.3. The summed E-state index contributed by atoms with van der Waals surface area (Å²) in [7, 11) is 9.82. The van der Waals surface area contributed by atoms with Gasteiger partial charge in [-0.25, -0.2) is 0 Å². The summed E-state index contributed by atoms with van der Waals surface area (Å²) in [5.74, 6) is 0. The van der Waals surface area contributed by atoms with Crippen LogP contribution in [0.1, 0.15) is 91.9 Å². The van der Waals surface area contributed by atoms with E-state index in [9.17, 15) is 0 Å². The molecule has 222 valence electrons. The van der Waals surface area contributed by atoms with Gasteiger partial charge in [0, 0.05) is 0 Å². The molecule has 0 aliphatic heterocycles. The van der Waals surface area contributed by atoms with Crippen LogP contribution in [0.2, 0.25) is 0 Å². The van der Waals surface area contributed by atoms with E-state index in [0.717, 1.165) is 22.6 Å². The van der Waals surface area contributed by atoms with E-state index in [2.05, 4.69) is 100 Å². The summed E-state index contributed by atoms with van der Waals surface area (Å²) in [6, 6.07) is 27.5. The summed E-state index contributed by atoms with van der Waals surface area (Å²) < 4.78 is 0. The Labute approximate surface area is 269 Å². The van der Waals surface area contributed by atoms with Gasteiger partial charge < -0.3 is 0 Å². The first-order valence-corrected chi connectivity index (χ1v) is 23.0. The second-order valence-corrected chi connectivity index (χ2v) is 21.1. The van der Waals surface area contributed by atoms with Gasteiger partial charge in [0.05, 0.1) is 0 Å². The number of hydrogen-bond donors (Lipinski definition) is 0. The minimum Gasteiger partial charge on any atom is -0.161 e. The third kappa shape index (κ3) is 9.40. The van der Waals surface area contributed by atoms with Crippen molar-refractivity contribution in [1.82, 2.24) is 0 Å². The van der Waals surface area contributed by atoms with E-state index >= 15 is 0 Å². The van der Waals surface area contributed by atoms with Gasteiger partial charge in [0.15, 0.2) is 0 Å². The predicted molar refractivity (Wildman–Crippen MR) is 188 cm³/mol. The van der Waals surface area contributed by atoms with Gasteiger partial charge in [0.1, 0.15) is 0 Å². The number of fused-ring (bicyclic) bond motifs is 2. The molecular weight excluding hydrogens is 613 g/mol. The zero-order valence-electron chi connectivity index (χ0n) is 25.5. The minimum absolute atomic E-state index is 0.0206. The Morgan fingerprint density at radius 1 is 0.634 bits per heavy atom.